The highest BCUT2D eigenvalue weighted by molar-refractivity contribution is 6.08. The third-order valence-corrected chi connectivity index (χ3v) is 3.21. The number of carbonyl (C=O) groups excluding carboxylic acids is 1. The Morgan fingerprint density at radius 2 is 2.22 bits per heavy atom. The van der Waals surface area contributed by atoms with Gasteiger partial charge in [-0.1, -0.05) is 25.1 Å². The van der Waals surface area contributed by atoms with E-state index in [2.05, 4.69) is 24.1 Å². The molecular weight excluding hydrogens is 224 g/mol. The third-order valence-electron chi connectivity index (χ3n) is 3.21. The van der Waals surface area contributed by atoms with Crippen molar-refractivity contribution in [2.24, 2.45) is 0 Å². The second-order valence-electron chi connectivity index (χ2n) is 4.52. The molecule has 2 rings (SSSR count). The number of pyridine rings is 1. The fourth-order valence-corrected chi connectivity index (χ4v) is 1.86. The van der Waals surface area contributed by atoms with Gasteiger partial charge in [0.2, 0.25) is 0 Å². The lowest BCUT2D eigenvalue weighted by molar-refractivity contribution is 0.0989. The fourth-order valence-electron chi connectivity index (χ4n) is 1.86. The molecule has 0 aliphatic carbocycles. The van der Waals surface area contributed by atoms with Gasteiger partial charge in [-0.3, -0.25) is 9.78 Å². The van der Waals surface area contributed by atoms with E-state index in [1.165, 1.54) is 0 Å². The molecule has 0 aliphatic heterocycles. The minimum absolute atomic E-state index is 0.119. The Labute approximate surface area is 107 Å². The summed E-state index contributed by atoms with van der Waals surface area (Å²) in [6, 6.07) is 8.06. The van der Waals surface area contributed by atoms with E-state index in [1.807, 2.05) is 24.3 Å². The Balaban J connectivity index is 2.22. The van der Waals surface area contributed by atoms with E-state index < -0.39 is 0 Å². The van der Waals surface area contributed by atoms with Crippen molar-refractivity contribution in [1.29, 1.82) is 0 Å². The lowest BCUT2D eigenvalue weighted by Gasteiger charge is -2.11. The second-order valence-corrected chi connectivity index (χ2v) is 4.52. The zero-order valence-electron chi connectivity index (χ0n) is 10.8. The van der Waals surface area contributed by atoms with Crippen LogP contribution in [0.5, 0.6) is 0 Å². The van der Waals surface area contributed by atoms with Crippen LogP contribution in [0.2, 0.25) is 0 Å². The number of Topliss-reactive ketones (excluding diaryl/α,β-unsaturated/α-hetero) is 1. The monoisotopic (exact) mass is 242 g/mol. The van der Waals surface area contributed by atoms with Crippen molar-refractivity contribution in [1.82, 2.24) is 10.3 Å². The second kappa shape index (κ2) is 5.74. The van der Waals surface area contributed by atoms with Crippen molar-refractivity contribution in [3.05, 3.63) is 42.2 Å². The molecule has 1 aromatic carbocycles. The summed E-state index contributed by atoms with van der Waals surface area (Å²) in [6.07, 6.45) is 4.52. The topological polar surface area (TPSA) is 42.0 Å². The first-order chi connectivity index (χ1) is 8.72. The first-order valence-corrected chi connectivity index (χ1v) is 6.31. The summed E-state index contributed by atoms with van der Waals surface area (Å²) in [5.74, 6) is 0.119. The van der Waals surface area contributed by atoms with Crippen molar-refractivity contribution >= 4 is 16.6 Å². The number of hydrogen-bond acceptors (Lipinski definition) is 3. The number of nitrogens with zero attached hydrogens (tertiary/aromatic N) is 1. The highest BCUT2D eigenvalue weighted by atomic mass is 16.1. The maximum Gasteiger partial charge on any atom is 0.177 e. The molecule has 0 radical (unpaired) electrons. The Morgan fingerprint density at radius 1 is 1.39 bits per heavy atom. The number of fused-ring (bicyclic) bond motifs is 1. The van der Waals surface area contributed by atoms with Crippen LogP contribution in [-0.2, 0) is 0 Å². The molecule has 1 aromatic heterocycles. The first kappa shape index (κ1) is 12.7. The van der Waals surface area contributed by atoms with Gasteiger partial charge in [-0.05, 0) is 24.8 Å². The van der Waals surface area contributed by atoms with Gasteiger partial charge in [0.25, 0.3) is 0 Å². The standard InChI is InChI=1S/C15H18N2O/c1-3-11(2)17-10-15(18)13-6-4-5-12-7-8-16-9-14(12)13/h4-9,11,17H,3,10H2,1-2H3. The lowest BCUT2D eigenvalue weighted by atomic mass is 10.0. The molecule has 94 valence electrons. The summed E-state index contributed by atoms with van der Waals surface area (Å²) in [5.41, 5.74) is 0.747. The van der Waals surface area contributed by atoms with E-state index >= 15 is 0 Å². The van der Waals surface area contributed by atoms with E-state index in [0.717, 1.165) is 22.8 Å². The summed E-state index contributed by atoms with van der Waals surface area (Å²) in [5, 5.41) is 5.21. The van der Waals surface area contributed by atoms with Crippen molar-refractivity contribution in [3.63, 3.8) is 0 Å². The molecular formula is C15H18N2O. The van der Waals surface area contributed by atoms with E-state index in [0.29, 0.717) is 12.6 Å². The smallest absolute Gasteiger partial charge is 0.177 e. The van der Waals surface area contributed by atoms with E-state index in [9.17, 15) is 4.79 Å². The van der Waals surface area contributed by atoms with Crippen LogP contribution in [0, 0.1) is 0 Å². The SMILES string of the molecule is CCC(C)NCC(=O)c1cccc2ccncc12. The summed E-state index contributed by atoms with van der Waals surface area (Å²) in [7, 11) is 0. The van der Waals surface area contributed by atoms with E-state index in [4.69, 9.17) is 0 Å². The number of benzene rings is 1. The third kappa shape index (κ3) is 2.74. The molecule has 0 amide bonds. The molecule has 0 spiro atoms. The van der Waals surface area contributed by atoms with Crippen LogP contribution in [0.15, 0.2) is 36.7 Å². The largest absolute Gasteiger partial charge is 0.307 e. The molecule has 1 atom stereocenters. The molecule has 0 saturated carbocycles. The zero-order valence-corrected chi connectivity index (χ0v) is 10.8. The number of ketones is 1. The highest BCUT2D eigenvalue weighted by Gasteiger charge is 2.10. The summed E-state index contributed by atoms with van der Waals surface area (Å²) < 4.78 is 0. The Kier molecular flexibility index (Phi) is 4.05. The van der Waals surface area contributed by atoms with Crippen LogP contribution in [0.4, 0.5) is 0 Å². The molecule has 0 aliphatic rings. The number of nitrogens with one attached hydrogen (secondary N) is 1. The van der Waals surface area contributed by atoms with Gasteiger partial charge < -0.3 is 5.32 Å². The quantitative estimate of drug-likeness (QED) is 0.820. The molecule has 3 nitrogen and oxygen atoms in total. The van der Waals surface area contributed by atoms with Gasteiger partial charge in [-0.2, -0.15) is 0 Å². The van der Waals surface area contributed by atoms with E-state index in [1.54, 1.807) is 12.4 Å². The molecule has 0 bridgehead atoms. The minimum atomic E-state index is 0.119. The first-order valence-electron chi connectivity index (χ1n) is 6.31. The van der Waals surface area contributed by atoms with Crippen LogP contribution >= 0.6 is 0 Å². The van der Waals surface area contributed by atoms with Gasteiger partial charge in [-0.25, -0.2) is 0 Å². The molecule has 1 N–H and O–H groups in total. The maximum absolute atomic E-state index is 12.2. The molecule has 0 fully saturated rings. The number of carbonyl (C=O) groups is 1. The number of aromatic nitrogens is 1. The maximum atomic E-state index is 12.2. The van der Waals surface area contributed by atoms with Crippen molar-refractivity contribution in [3.8, 4) is 0 Å². The van der Waals surface area contributed by atoms with Crippen molar-refractivity contribution in [2.75, 3.05) is 6.54 Å². The molecule has 3 heteroatoms. The molecule has 0 saturated heterocycles. The molecule has 18 heavy (non-hydrogen) atoms. The van der Waals surface area contributed by atoms with Crippen LogP contribution < -0.4 is 5.32 Å². The van der Waals surface area contributed by atoms with Crippen LogP contribution in [0.25, 0.3) is 10.8 Å². The summed E-state index contributed by atoms with van der Waals surface area (Å²) in [4.78, 5) is 16.3. The van der Waals surface area contributed by atoms with Crippen LogP contribution in [0.1, 0.15) is 30.6 Å². The summed E-state index contributed by atoms with van der Waals surface area (Å²) in [6.45, 7) is 4.56. The number of hydrogen-bond donors (Lipinski definition) is 1. The van der Waals surface area contributed by atoms with Crippen molar-refractivity contribution in [2.45, 2.75) is 26.3 Å². The average molecular weight is 242 g/mol. The predicted octanol–water partition coefficient (Wildman–Crippen LogP) is 2.81. The van der Waals surface area contributed by atoms with E-state index in [-0.39, 0.29) is 5.78 Å². The van der Waals surface area contributed by atoms with Gasteiger partial charge >= 0.3 is 0 Å². The number of rotatable bonds is 5. The Morgan fingerprint density at radius 3 is 3.00 bits per heavy atom. The van der Waals surface area contributed by atoms with Gasteiger partial charge in [-0.15, -0.1) is 0 Å². The van der Waals surface area contributed by atoms with Crippen molar-refractivity contribution < 1.29 is 4.79 Å². The van der Waals surface area contributed by atoms with Gasteiger partial charge in [0.1, 0.15) is 0 Å². The molecule has 1 heterocycles. The van der Waals surface area contributed by atoms with Crippen LogP contribution in [-0.4, -0.2) is 23.4 Å². The lowest BCUT2D eigenvalue weighted by Crippen LogP contribution is -2.30. The normalized spacial score (nSPS) is 12.6. The summed E-state index contributed by atoms with van der Waals surface area (Å²) >= 11 is 0. The van der Waals surface area contributed by atoms with Gasteiger partial charge in [0.15, 0.2) is 5.78 Å². The van der Waals surface area contributed by atoms with Crippen LogP contribution in [0.3, 0.4) is 0 Å². The van der Waals surface area contributed by atoms with Gasteiger partial charge in [0.05, 0.1) is 6.54 Å². The fraction of sp³-hybridized carbons (Fsp3) is 0.333. The van der Waals surface area contributed by atoms with Gasteiger partial charge in [0, 0.05) is 29.4 Å². The Hall–Kier alpha value is -1.74. The zero-order chi connectivity index (χ0) is 13.0. The average Bonchev–Trinajstić information content (AvgIpc) is 2.43. The molecule has 2 aromatic rings. The molecule has 1 unspecified atom stereocenters. The Bertz CT molecular complexity index is 546. The highest BCUT2D eigenvalue weighted by Crippen LogP contribution is 2.17. The minimum Gasteiger partial charge on any atom is -0.307 e. The predicted molar refractivity (Wildman–Crippen MR) is 73.8 cm³/mol.